The summed E-state index contributed by atoms with van der Waals surface area (Å²) >= 11 is 1.50. The van der Waals surface area contributed by atoms with Gasteiger partial charge in [0, 0.05) is 17.4 Å². The van der Waals surface area contributed by atoms with Gasteiger partial charge in [-0.25, -0.2) is 8.78 Å². The average Bonchev–Trinajstić information content (AvgIpc) is 3.04. The summed E-state index contributed by atoms with van der Waals surface area (Å²) in [5.41, 5.74) is 0.456. The quantitative estimate of drug-likeness (QED) is 0.933. The van der Waals surface area contributed by atoms with Gasteiger partial charge in [0.1, 0.15) is 11.5 Å². The number of rotatable bonds is 3. The van der Waals surface area contributed by atoms with Crippen molar-refractivity contribution in [3.63, 3.8) is 0 Å². The molecule has 118 valence electrons. The Morgan fingerprint density at radius 3 is 2.48 bits per heavy atom. The van der Waals surface area contributed by atoms with Crippen molar-refractivity contribution in [1.82, 2.24) is 5.32 Å². The van der Waals surface area contributed by atoms with Gasteiger partial charge < -0.3 is 10.1 Å². The van der Waals surface area contributed by atoms with Crippen LogP contribution in [0.2, 0.25) is 0 Å². The first-order chi connectivity index (χ1) is 11.1. The number of amides is 1. The molecule has 1 aliphatic rings. The average molecular weight is 334 g/mol. The zero-order valence-electron chi connectivity index (χ0n) is 11.9. The van der Waals surface area contributed by atoms with Crippen molar-refractivity contribution in [2.24, 2.45) is 4.99 Å². The van der Waals surface area contributed by atoms with Gasteiger partial charge in [0.25, 0.3) is 5.91 Å². The van der Waals surface area contributed by atoms with Crippen molar-refractivity contribution in [3.05, 3.63) is 59.7 Å². The summed E-state index contributed by atoms with van der Waals surface area (Å²) in [4.78, 5) is 16.2. The standard InChI is InChI=1S/C16H12F2N2O2S/c17-13-6-5-12(9-14(13)18)22-11-3-1-10(2-4-11)15(21)20-16-19-7-8-23-16/h1-6,9H,7-8H2,(H,19,20,21). The molecular formula is C16H12F2N2O2S. The molecule has 1 amide bonds. The number of hydrogen-bond donors (Lipinski definition) is 1. The Kier molecular flexibility index (Phi) is 4.57. The number of amidine groups is 1. The summed E-state index contributed by atoms with van der Waals surface area (Å²) in [5.74, 6) is -0.697. The largest absolute Gasteiger partial charge is 0.457 e. The summed E-state index contributed by atoms with van der Waals surface area (Å²) < 4.78 is 31.4. The zero-order chi connectivity index (χ0) is 16.2. The van der Waals surface area contributed by atoms with Crippen LogP contribution in [0.3, 0.4) is 0 Å². The molecule has 1 N–H and O–H groups in total. The highest BCUT2D eigenvalue weighted by molar-refractivity contribution is 8.14. The van der Waals surface area contributed by atoms with Crippen molar-refractivity contribution in [3.8, 4) is 11.5 Å². The molecule has 1 aliphatic heterocycles. The Morgan fingerprint density at radius 2 is 1.83 bits per heavy atom. The smallest absolute Gasteiger partial charge is 0.257 e. The number of hydrogen-bond acceptors (Lipinski definition) is 4. The number of carbonyl (C=O) groups excluding carboxylic acids is 1. The first-order valence-corrected chi connectivity index (χ1v) is 7.82. The molecule has 0 spiro atoms. The predicted molar refractivity (Wildman–Crippen MR) is 85.1 cm³/mol. The number of thioether (sulfide) groups is 1. The highest BCUT2D eigenvalue weighted by Crippen LogP contribution is 2.23. The van der Waals surface area contributed by atoms with Crippen LogP contribution >= 0.6 is 11.8 Å². The molecule has 0 aromatic heterocycles. The number of ether oxygens (including phenoxy) is 1. The van der Waals surface area contributed by atoms with Gasteiger partial charge >= 0.3 is 0 Å². The van der Waals surface area contributed by atoms with Gasteiger partial charge in [-0.1, -0.05) is 11.8 Å². The zero-order valence-corrected chi connectivity index (χ0v) is 12.7. The maximum absolute atomic E-state index is 13.1. The highest BCUT2D eigenvalue weighted by atomic mass is 32.2. The Balaban J connectivity index is 1.66. The molecule has 0 radical (unpaired) electrons. The van der Waals surface area contributed by atoms with E-state index in [0.717, 1.165) is 17.9 Å². The monoisotopic (exact) mass is 334 g/mol. The van der Waals surface area contributed by atoms with E-state index < -0.39 is 11.6 Å². The Labute approximate surface area is 135 Å². The highest BCUT2D eigenvalue weighted by Gasteiger charge is 2.12. The SMILES string of the molecule is O=C(NC1=NCCS1)c1ccc(Oc2ccc(F)c(F)c2)cc1. The van der Waals surface area contributed by atoms with Crippen LogP contribution in [-0.2, 0) is 0 Å². The third-order valence-electron chi connectivity index (χ3n) is 3.05. The van der Waals surface area contributed by atoms with Crippen LogP contribution in [0.4, 0.5) is 8.78 Å². The van der Waals surface area contributed by atoms with Crippen LogP contribution < -0.4 is 10.1 Å². The van der Waals surface area contributed by atoms with Crippen molar-refractivity contribution >= 4 is 22.8 Å². The van der Waals surface area contributed by atoms with Gasteiger partial charge in [-0.15, -0.1) is 0 Å². The van der Waals surface area contributed by atoms with Crippen molar-refractivity contribution in [1.29, 1.82) is 0 Å². The van der Waals surface area contributed by atoms with E-state index in [-0.39, 0.29) is 11.7 Å². The fourth-order valence-corrected chi connectivity index (χ4v) is 2.65. The van der Waals surface area contributed by atoms with Crippen LogP contribution in [0.15, 0.2) is 47.5 Å². The Bertz CT molecular complexity index is 763. The molecule has 0 saturated heterocycles. The first-order valence-electron chi connectivity index (χ1n) is 6.83. The molecular weight excluding hydrogens is 322 g/mol. The van der Waals surface area contributed by atoms with Crippen LogP contribution in [0.25, 0.3) is 0 Å². The van der Waals surface area contributed by atoms with Gasteiger partial charge in [-0.2, -0.15) is 0 Å². The number of nitrogens with zero attached hydrogens (tertiary/aromatic N) is 1. The molecule has 2 aromatic rings. The topological polar surface area (TPSA) is 50.7 Å². The van der Waals surface area contributed by atoms with E-state index in [2.05, 4.69) is 10.3 Å². The third kappa shape index (κ3) is 3.87. The maximum atomic E-state index is 13.1. The lowest BCUT2D eigenvalue weighted by molar-refractivity contribution is 0.0978. The lowest BCUT2D eigenvalue weighted by Gasteiger charge is -2.07. The van der Waals surface area contributed by atoms with Crippen LogP contribution in [0.1, 0.15) is 10.4 Å². The molecule has 0 unspecified atom stereocenters. The summed E-state index contributed by atoms with van der Waals surface area (Å²) in [5, 5.41) is 3.34. The lowest BCUT2D eigenvalue weighted by Crippen LogP contribution is -2.27. The predicted octanol–water partition coefficient (Wildman–Crippen LogP) is 3.59. The summed E-state index contributed by atoms with van der Waals surface area (Å²) in [6, 6.07) is 9.63. The molecule has 23 heavy (non-hydrogen) atoms. The number of halogens is 2. The van der Waals surface area contributed by atoms with Crippen molar-refractivity contribution < 1.29 is 18.3 Å². The molecule has 7 heteroatoms. The molecule has 3 rings (SSSR count). The molecule has 4 nitrogen and oxygen atoms in total. The van der Waals surface area contributed by atoms with Gasteiger partial charge in [-0.05, 0) is 36.4 Å². The molecule has 0 saturated carbocycles. The fraction of sp³-hybridized carbons (Fsp3) is 0.125. The van der Waals surface area contributed by atoms with Crippen molar-refractivity contribution in [2.45, 2.75) is 0 Å². The van der Waals surface area contributed by atoms with Crippen LogP contribution in [0.5, 0.6) is 11.5 Å². The Morgan fingerprint density at radius 1 is 1.09 bits per heavy atom. The van der Waals surface area contributed by atoms with Crippen molar-refractivity contribution in [2.75, 3.05) is 12.3 Å². The van der Waals surface area contributed by atoms with Gasteiger partial charge in [-0.3, -0.25) is 9.79 Å². The minimum atomic E-state index is -0.978. The summed E-state index contributed by atoms with van der Waals surface area (Å²) in [6.07, 6.45) is 0. The van der Waals surface area contributed by atoms with E-state index in [1.165, 1.54) is 17.8 Å². The van der Waals surface area contributed by atoms with Crippen LogP contribution in [0, 0.1) is 11.6 Å². The normalized spacial score (nSPS) is 13.6. The third-order valence-corrected chi connectivity index (χ3v) is 3.94. The first kappa shape index (κ1) is 15.5. The van der Waals surface area contributed by atoms with Gasteiger partial charge in [0.15, 0.2) is 16.8 Å². The summed E-state index contributed by atoms with van der Waals surface area (Å²) in [6.45, 7) is 0.710. The number of nitrogens with one attached hydrogen (secondary N) is 1. The lowest BCUT2D eigenvalue weighted by atomic mass is 10.2. The van der Waals surface area contributed by atoms with E-state index in [4.69, 9.17) is 4.74 Å². The Hall–Kier alpha value is -2.41. The second kappa shape index (κ2) is 6.78. The summed E-state index contributed by atoms with van der Waals surface area (Å²) in [7, 11) is 0. The van der Waals surface area contributed by atoms with E-state index >= 15 is 0 Å². The molecule has 0 atom stereocenters. The molecule has 0 fully saturated rings. The molecule has 0 bridgehead atoms. The molecule has 0 aliphatic carbocycles. The minimum absolute atomic E-state index is 0.179. The second-order valence-corrected chi connectivity index (χ2v) is 5.78. The van der Waals surface area contributed by atoms with Crippen LogP contribution in [-0.4, -0.2) is 23.4 Å². The van der Waals surface area contributed by atoms with E-state index in [9.17, 15) is 13.6 Å². The molecule has 1 heterocycles. The fourth-order valence-electron chi connectivity index (χ4n) is 1.93. The van der Waals surface area contributed by atoms with Gasteiger partial charge in [0.05, 0.1) is 6.54 Å². The molecule has 2 aromatic carbocycles. The maximum Gasteiger partial charge on any atom is 0.257 e. The van der Waals surface area contributed by atoms with E-state index in [1.807, 2.05) is 0 Å². The number of benzene rings is 2. The van der Waals surface area contributed by atoms with E-state index in [0.29, 0.717) is 23.0 Å². The minimum Gasteiger partial charge on any atom is -0.457 e. The number of carbonyl (C=O) groups is 1. The number of aliphatic imine (C=N–C) groups is 1. The van der Waals surface area contributed by atoms with Gasteiger partial charge in [0.2, 0.25) is 0 Å². The second-order valence-electron chi connectivity index (χ2n) is 4.69. The van der Waals surface area contributed by atoms with E-state index in [1.54, 1.807) is 24.3 Å².